The van der Waals surface area contributed by atoms with E-state index in [4.69, 9.17) is 4.98 Å². The number of aryl methyl sites for hydroxylation is 1. The van der Waals surface area contributed by atoms with Gasteiger partial charge in [-0.2, -0.15) is 0 Å². The molecule has 0 spiro atoms. The molecular weight excluding hydrogens is 426 g/mol. The van der Waals surface area contributed by atoms with Crippen LogP contribution in [0.1, 0.15) is 98.1 Å². The van der Waals surface area contributed by atoms with Gasteiger partial charge in [-0.15, -0.1) is 0 Å². The number of imidazole rings is 1. The standard InChI is InChI=1S/C28H37N3O3/c1-27(2,3)16-23-30-22(7-8-28-13-17-9-18(14-28)11-19(10-17)15-28)24(31-23)25(32)29-21-6-4-5-20(12-21)26(33)34/h4-6,12,17-19H,7-11,13-16H2,1-3H3,(H,29,32)(H,30,31)(H,33,34). The number of nitrogens with zero attached hydrogens (tertiary/aromatic N) is 1. The first-order valence-electron chi connectivity index (χ1n) is 12.8. The Hall–Kier alpha value is -2.63. The van der Waals surface area contributed by atoms with Gasteiger partial charge < -0.3 is 15.4 Å². The highest BCUT2D eigenvalue weighted by atomic mass is 16.4. The molecule has 6 rings (SSSR count). The van der Waals surface area contributed by atoms with Crippen molar-refractivity contribution in [2.75, 3.05) is 5.32 Å². The van der Waals surface area contributed by atoms with Gasteiger partial charge in [0, 0.05) is 17.8 Å². The SMILES string of the molecule is CC(C)(C)Cc1nc(C(=O)Nc2cccc(C(=O)O)c2)c(CCC23CC4CC(CC(C4)C2)C3)[nH]1. The van der Waals surface area contributed by atoms with Crippen molar-refractivity contribution in [3.63, 3.8) is 0 Å². The molecule has 0 radical (unpaired) electrons. The minimum absolute atomic E-state index is 0.0542. The number of carboxylic acids is 1. The van der Waals surface area contributed by atoms with Crippen molar-refractivity contribution in [3.05, 3.63) is 47.0 Å². The number of rotatable bonds is 7. The summed E-state index contributed by atoms with van der Waals surface area (Å²) in [6.45, 7) is 6.51. The summed E-state index contributed by atoms with van der Waals surface area (Å²) in [6, 6.07) is 6.35. The van der Waals surface area contributed by atoms with E-state index in [1.807, 2.05) is 0 Å². The molecule has 182 valence electrons. The molecule has 4 fully saturated rings. The molecule has 6 heteroatoms. The highest BCUT2D eigenvalue weighted by molar-refractivity contribution is 6.04. The summed E-state index contributed by atoms with van der Waals surface area (Å²) in [4.78, 5) is 32.8. The summed E-state index contributed by atoms with van der Waals surface area (Å²) in [5, 5.41) is 12.2. The van der Waals surface area contributed by atoms with Gasteiger partial charge in [-0.3, -0.25) is 4.79 Å². The number of carbonyl (C=O) groups excluding carboxylic acids is 1. The van der Waals surface area contributed by atoms with Gasteiger partial charge in [0.15, 0.2) is 0 Å². The van der Waals surface area contributed by atoms with Crippen LogP contribution < -0.4 is 5.32 Å². The summed E-state index contributed by atoms with van der Waals surface area (Å²) in [6.07, 6.45) is 11.1. The molecule has 2 aromatic rings. The van der Waals surface area contributed by atoms with Crippen LogP contribution in [0.5, 0.6) is 0 Å². The number of hydrogen-bond donors (Lipinski definition) is 3. The normalized spacial score (nSPS) is 27.7. The Morgan fingerprint density at radius 2 is 1.76 bits per heavy atom. The lowest BCUT2D eigenvalue weighted by Crippen LogP contribution is -2.46. The number of aromatic amines is 1. The van der Waals surface area contributed by atoms with Crippen molar-refractivity contribution in [2.45, 2.75) is 78.6 Å². The van der Waals surface area contributed by atoms with Crippen LogP contribution in [0.25, 0.3) is 0 Å². The molecule has 4 saturated carbocycles. The smallest absolute Gasteiger partial charge is 0.335 e. The average molecular weight is 464 g/mol. The number of amides is 1. The predicted molar refractivity (Wildman–Crippen MR) is 132 cm³/mol. The molecule has 3 N–H and O–H groups in total. The first-order chi connectivity index (χ1) is 16.1. The zero-order valence-electron chi connectivity index (χ0n) is 20.6. The van der Waals surface area contributed by atoms with E-state index in [1.165, 1.54) is 50.7 Å². The quantitative estimate of drug-likeness (QED) is 0.462. The van der Waals surface area contributed by atoms with Crippen molar-refractivity contribution < 1.29 is 14.7 Å². The Balaban J connectivity index is 1.36. The number of benzene rings is 1. The number of carboxylic acid groups (broad SMARTS) is 1. The molecule has 6 nitrogen and oxygen atoms in total. The lowest BCUT2D eigenvalue weighted by Gasteiger charge is -2.57. The lowest BCUT2D eigenvalue weighted by molar-refractivity contribution is -0.0570. The molecule has 0 unspecified atom stereocenters. The van der Waals surface area contributed by atoms with Crippen LogP contribution in [0.3, 0.4) is 0 Å². The molecule has 1 aromatic heterocycles. The van der Waals surface area contributed by atoms with Gasteiger partial charge in [0.2, 0.25) is 0 Å². The fourth-order valence-electron chi connectivity index (χ4n) is 7.33. The Labute approximate surface area is 202 Å². The third-order valence-electron chi connectivity index (χ3n) is 8.18. The minimum atomic E-state index is -1.01. The molecule has 0 saturated heterocycles. The fourth-order valence-corrected chi connectivity index (χ4v) is 7.33. The summed E-state index contributed by atoms with van der Waals surface area (Å²) < 4.78 is 0. The van der Waals surface area contributed by atoms with E-state index < -0.39 is 5.97 Å². The molecule has 1 amide bonds. The molecule has 4 aliphatic carbocycles. The second-order valence-corrected chi connectivity index (χ2v) is 12.5. The molecule has 0 atom stereocenters. The zero-order chi connectivity index (χ0) is 24.1. The van der Waals surface area contributed by atoms with E-state index in [9.17, 15) is 14.7 Å². The third-order valence-corrected chi connectivity index (χ3v) is 8.18. The molecule has 4 aliphatic rings. The van der Waals surface area contributed by atoms with E-state index in [2.05, 4.69) is 31.1 Å². The summed E-state index contributed by atoms with van der Waals surface area (Å²) >= 11 is 0. The largest absolute Gasteiger partial charge is 0.478 e. The van der Waals surface area contributed by atoms with Crippen LogP contribution in [0, 0.1) is 28.6 Å². The van der Waals surface area contributed by atoms with Crippen LogP contribution in [0.4, 0.5) is 5.69 Å². The zero-order valence-corrected chi connectivity index (χ0v) is 20.6. The maximum absolute atomic E-state index is 13.3. The Morgan fingerprint density at radius 1 is 1.12 bits per heavy atom. The number of carbonyl (C=O) groups is 2. The van der Waals surface area contributed by atoms with Gasteiger partial charge in [0.05, 0.1) is 5.56 Å². The van der Waals surface area contributed by atoms with E-state index in [0.29, 0.717) is 16.8 Å². The van der Waals surface area contributed by atoms with E-state index >= 15 is 0 Å². The Morgan fingerprint density at radius 3 is 2.35 bits per heavy atom. The second-order valence-electron chi connectivity index (χ2n) is 12.5. The van der Waals surface area contributed by atoms with Gasteiger partial charge in [-0.05, 0) is 98.1 Å². The minimum Gasteiger partial charge on any atom is -0.478 e. The summed E-state index contributed by atoms with van der Waals surface area (Å²) in [7, 11) is 0. The number of nitrogens with one attached hydrogen (secondary N) is 2. The molecule has 1 heterocycles. The number of aromatic carboxylic acids is 1. The van der Waals surface area contributed by atoms with Crippen molar-refractivity contribution >= 4 is 17.6 Å². The van der Waals surface area contributed by atoms with E-state index in [0.717, 1.165) is 48.5 Å². The number of hydrogen-bond acceptors (Lipinski definition) is 3. The van der Waals surface area contributed by atoms with Crippen LogP contribution in [-0.4, -0.2) is 27.0 Å². The predicted octanol–water partition coefficient (Wildman–Crippen LogP) is 6.10. The summed E-state index contributed by atoms with van der Waals surface area (Å²) in [5.41, 5.74) is 2.48. The molecular formula is C28H37N3O3. The number of anilines is 1. The number of aromatic nitrogens is 2. The topological polar surface area (TPSA) is 95.1 Å². The van der Waals surface area contributed by atoms with Gasteiger partial charge in [0.25, 0.3) is 5.91 Å². The molecule has 34 heavy (non-hydrogen) atoms. The van der Waals surface area contributed by atoms with Crippen molar-refractivity contribution in [1.82, 2.24) is 9.97 Å². The first kappa shape index (κ1) is 23.1. The van der Waals surface area contributed by atoms with Crippen LogP contribution >= 0.6 is 0 Å². The number of H-pyrrole nitrogens is 1. The van der Waals surface area contributed by atoms with Crippen molar-refractivity contribution in [3.8, 4) is 0 Å². The van der Waals surface area contributed by atoms with Crippen LogP contribution in [-0.2, 0) is 12.8 Å². The highest BCUT2D eigenvalue weighted by Gasteiger charge is 2.50. The molecule has 0 aliphatic heterocycles. The van der Waals surface area contributed by atoms with Gasteiger partial charge in [-0.25, -0.2) is 9.78 Å². The second kappa shape index (κ2) is 8.54. The Kier molecular flexibility index (Phi) is 5.81. The fraction of sp³-hybridized carbons (Fsp3) is 0.607. The Bertz CT molecular complexity index is 1060. The molecule has 1 aromatic carbocycles. The molecule has 4 bridgehead atoms. The van der Waals surface area contributed by atoms with Gasteiger partial charge >= 0.3 is 5.97 Å². The van der Waals surface area contributed by atoms with E-state index in [-0.39, 0.29) is 16.9 Å². The monoisotopic (exact) mass is 463 g/mol. The van der Waals surface area contributed by atoms with Gasteiger partial charge in [0.1, 0.15) is 11.5 Å². The maximum atomic E-state index is 13.3. The first-order valence-corrected chi connectivity index (χ1v) is 12.8. The average Bonchev–Trinajstić information content (AvgIpc) is 3.12. The van der Waals surface area contributed by atoms with Crippen LogP contribution in [0.2, 0.25) is 0 Å². The van der Waals surface area contributed by atoms with Crippen molar-refractivity contribution in [2.24, 2.45) is 28.6 Å². The lowest BCUT2D eigenvalue weighted by atomic mass is 9.48. The van der Waals surface area contributed by atoms with E-state index in [1.54, 1.807) is 12.1 Å². The van der Waals surface area contributed by atoms with Gasteiger partial charge in [-0.1, -0.05) is 26.8 Å². The van der Waals surface area contributed by atoms with Crippen LogP contribution in [0.15, 0.2) is 24.3 Å². The summed E-state index contributed by atoms with van der Waals surface area (Å²) in [5.74, 6) is 2.28. The highest BCUT2D eigenvalue weighted by Crippen LogP contribution is 2.61. The van der Waals surface area contributed by atoms with Crippen molar-refractivity contribution in [1.29, 1.82) is 0 Å². The maximum Gasteiger partial charge on any atom is 0.335 e. The third kappa shape index (κ3) is 4.91.